The summed E-state index contributed by atoms with van der Waals surface area (Å²) >= 11 is 0. The van der Waals surface area contributed by atoms with Gasteiger partial charge in [0.15, 0.2) is 0 Å². The van der Waals surface area contributed by atoms with E-state index in [-0.39, 0.29) is 17.0 Å². The van der Waals surface area contributed by atoms with Gasteiger partial charge in [-0.2, -0.15) is 0 Å². The molecule has 2 rings (SSSR count). The van der Waals surface area contributed by atoms with Crippen molar-refractivity contribution in [1.82, 2.24) is 4.90 Å². The molecule has 21 heavy (non-hydrogen) atoms. The lowest BCUT2D eigenvalue weighted by molar-refractivity contribution is -0.920. The molecule has 1 aliphatic rings. The Labute approximate surface area is 139 Å². The molecule has 1 fully saturated rings. The van der Waals surface area contributed by atoms with Crippen LogP contribution in [0.15, 0.2) is 24.3 Å². The van der Waals surface area contributed by atoms with Gasteiger partial charge in [0, 0.05) is 24.9 Å². The third-order valence-corrected chi connectivity index (χ3v) is 4.34. The van der Waals surface area contributed by atoms with Gasteiger partial charge in [-0.3, -0.25) is 4.79 Å². The molecule has 1 amide bonds. The summed E-state index contributed by atoms with van der Waals surface area (Å²) in [6.45, 7) is 9.20. The molecule has 118 valence electrons. The lowest BCUT2D eigenvalue weighted by atomic mass is 10.1. The van der Waals surface area contributed by atoms with Crippen LogP contribution in [0, 0.1) is 6.92 Å². The summed E-state index contributed by atoms with van der Waals surface area (Å²) in [5.41, 5.74) is 2.73. The first-order valence-electron chi connectivity index (χ1n) is 7.69. The Bertz CT molecular complexity index is 478. The highest BCUT2D eigenvalue weighted by Gasteiger charge is 2.27. The highest BCUT2D eigenvalue weighted by molar-refractivity contribution is 5.75. The molecule has 0 aromatic heterocycles. The molecular formula is C17H27BrN2O. The van der Waals surface area contributed by atoms with E-state index in [1.165, 1.54) is 11.1 Å². The van der Waals surface area contributed by atoms with Crippen molar-refractivity contribution in [2.24, 2.45) is 0 Å². The summed E-state index contributed by atoms with van der Waals surface area (Å²) in [6, 6.07) is 8.79. The Balaban J connectivity index is 0.00000220. The van der Waals surface area contributed by atoms with Crippen molar-refractivity contribution >= 4 is 5.91 Å². The summed E-state index contributed by atoms with van der Waals surface area (Å²) < 4.78 is 1.04. The largest absolute Gasteiger partial charge is 1.00 e. The average Bonchev–Trinajstić information content (AvgIpc) is 2.60. The van der Waals surface area contributed by atoms with E-state index in [1.807, 2.05) is 11.8 Å². The molecule has 0 spiro atoms. The van der Waals surface area contributed by atoms with Crippen molar-refractivity contribution in [3.8, 4) is 0 Å². The zero-order valence-electron chi connectivity index (χ0n) is 13.4. The van der Waals surface area contributed by atoms with Crippen LogP contribution >= 0.6 is 0 Å². The Morgan fingerprint density at radius 2 is 2.05 bits per heavy atom. The number of aryl methyl sites for hydroxylation is 1. The average molecular weight is 355 g/mol. The highest BCUT2D eigenvalue weighted by atomic mass is 79.9. The van der Waals surface area contributed by atoms with E-state index in [9.17, 15) is 4.79 Å². The van der Waals surface area contributed by atoms with E-state index >= 15 is 0 Å². The summed E-state index contributed by atoms with van der Waals surface area (Å²) in [6.07, 6.45) is 1.73. The normalized spacial score (nSPS) is 22.3. The van der Waals surface area contributed by atoms with Gasteiger partial charge in [-0.15, -0.1) is 0 Å². The number of rotatable bonds is 3. The molecule has 1 saturated heterocycles. The third-order valence-electron chi connectivity index (χ3n) is 4.34. The first-order chi connectivity index (χ1) is 9.52. The van der Waals surface area contributed by atoms with Crippen LogP contribution in [0.4, 0.5) is 0 Å². The topological polar surface area (TPSA) is 20.3 Å². The molecule has 1 aliphatic heterocycles. The Kier molecular flexibility index (Phi) is 6.88. The molecule has 1 heterocycles. The van der Waals surface area contributed by atoms with Crippen LogP contribution < -0.4 is 17.0 Å². The van der Waals surface area contributed by atoms with Gasteiger partial charge in [0.1, 0.15) is 6.54 Å². The lowest BCUT2D eigenvalue weighted by Crippen LogP contribution is -3.00. The van der Waals surface area contributed by atoms with Crippen LogP contribution in [0.5, 0.6) is 0 Å². The first kappa shape index (κ1) is 18.2. The number of hydrogen-bond acceptors (Lipinski definition) is 1. The smallest absolute Gasteiger partial charge is 0.222 e. The second-order valence-corrected chi connectivity index (χ2v) is 6.30. The Morgan fingerprint density at radius 3 is 2.71 bits per heavy atom. The van der Waals surface area contributed by atoms with Gasteiger partial charge in [0.25, 0.3) is 0 Å². The van der Waals surface area contributed by atoms with E-state index in [4.69, 9.17) is 0 Å². The fraction of sp³-hybridized carbons (Fsp3) is 0.588. The number of benzene rings is 1. The number of carbonyl (C=O) groups excluding carboxylic acids is 1. The Morgan fingerprint density at radius 1 is 1.29 bits per heavy atom. The van der Waals surface area contributed by atoms with E-state index in [1.54, 1.807) is 0 Å². The van der Waals surface area contributed by atoms with Crippen LogP contribution in [-0.4, -0.2) is 48.5 Å². The number of carbonyl (C=O) groups is 1. The fourth-order valence-electron chi connectivity index (χ4n) is 3.11. The second kappa shape index (κ2) is 7.95. The van der Waals surface area contributed by atoms with E-state index in [2.05, 4.69) is 38.2 Å². The van der Waals surface area contributed by atoms with E-state index < -0.39 is 0 Å². The van der Waals surface area contributed by atoms with Crippen molar-refractivity contribution in [3.63, 3.8) is 0 Å². The molecule has 0 N–H and O–H groups in total. The van der Waals surface area contributed by atoms with Crippen LogP contribution in [-0.2, 0) is 11.3 Å². The molecule has 1 aromatic carbocycles. The minimum absolute atomic E-state index is 0. The maximum Gasteiger partial charge on any atom is 0.222 e. The molecule has 0 saturated carbocycles. The van der Waals surface area contributed by atoms with Crippen molar-refractivity contribution < 1.29 is 26.3 Å². The zero-order valence-corrected chi connectivity index (χ0v) is 15.0. The molecule has 1 unspecified atom stereocenters. The first-order valence-corrected chi connectivity index (χ1v) is 7.69. The lowest BCUT2D eigenvalue weighted by Gasteiger charge is -2.33. The number of nitrogens with zero attached hydrogens (tertiary/aromatic N) is 2. The van der Waals surface area contributed by atoms with Crippen molar-refractivity contribution in [1.29, 1.82) is 0 Å². The van der Waals surface area contributed by atoms with Crippen LogP contribution in [0.25, 0.3) is 0 Å². The number of amides is 1. The van der Waals surface area contributed by atoms with Gasteiger partial charge >= 0.3 is 0 Å². The summed E-state index contributed by atoms with van der Waals surface area (Å²) in [7, 11) is 2.32. The minimum Gasteiger partial charge on any atom is -1.00 e. The van der Waals surface area contributed by atoms with Gasteiger partial charge in [-0.1, -0.05) is 36.8 Å². The summed E-state index contributed by atoms with van der Waals surface area (Å²) in [4.78, 5) is 13.9. The van der Waals surface area contributed by atoms with Crippen molar-refractivity contribution in [2.75, 3.05) is 33.2 Å². The van der Waals surface area contributed by atoms with Crippen molar-refractivity contribution in [2.45, 2.75) is 33.2 Å². The van der Waals surface area contributed by atoms with Gasteiger partial charge in [0.2, 0.25) is 5.91 Å². The highest BCUT2D eigenvalue weighted by Crippen LogP contribution is 2.17. The molecule has 1 atom stereocenters. The maximum absolute atomic E-state index is 11.9. The third kappa shape index (κ3) is 5.11. The molecule has 0 aliphatic carbocycles. The van der Waals surface area contributed by atoms with E-state index in [0.29, 0.717) is 12.3 Å². The molecule has 0 radical (unpaired) electrons. The molecular weight excluding hydrogens is 328 g/mol. The molecule has 1 aromatic rings. The molecule has 3 nitrogen and oxygen atoms in total. The minimum atomic E-state index is 0. The van der Waals surface area contributed by atoms with Crippen LogP contribution in [0.1, 0.15) is 30.9 Å². The van der Waals surface area contributed by atoms with Gasteiger partial charge in [-0.05, 0) is 6.92 Å². The quantitative estimate of drug-likeness (QED) is 0.675. The van der Waals surface area contributed by atoms with Gasteiger partial charge in [0.05, 0.1) is 26.7 Å². The monoisotopic (exact) mass is 354 g/mol. The molecule has 4 heteroatoms. The fourth-order valence-corrected chi connectivity index (χ4v) is 3.11. The summed E-state index contributed by atoms with van der Waals surface area (Å²) in [5, 5.41) is 0. The SMILES string of the molecule is CCC(=O)N1CCC[N+](C)(Cc2cccc(C)c2)CC1.[Br-]. The predicted octanol–water partition coefficient (Wildman–Crippen LogP) is -0.412. The Hall–Kier alpha value is -0.870. The standard InChI is InChI=1S/C17H27N2O.BrH/c1-4-17(20)18-9-6-11-19(3,12-10-18)14-16-8-5-7-15(2)13-16;/h5,7-8,13H,4,6,9-12,14H2,1-3H3;1H/q+1;/p-1. The maximum atomic E-state index is 11.9. The van der Waals surface area contributed by atoms with Gasteiger partial charge in [-0.25, -0.2) is 0 Å². The van der Waals surface area contributed by atoms with Crippen LogP contribution in [0.2, 0.25) is 0 Å². The van der Waals surface area contributed by atoms with Gasteiger partial charge < -0.3 is 26.4 Å². The van der Waals surface area contributed by atoms with Crippen molar-refractivity contribution in [3.05, 3.63) is 35.4 Å². The number of quaternary nitrogens is 1. The zero-order chi connectivity index (χ0) is 14.6. The van der Waals surface area contributed by atoms with Crippen LogP contribution in [0.3, 0.4) is 0 Å². The number of halogens is 1. The summed E-state index contributed by atoms with van der Waals surface area (Å²) in [5.74, 6) is 0.300. The second-order valence-electron chi connectivity index (χ2n) is 6.30. The number of hydrogen-bond donors (Lipinski definition) is 0. The number of likely N-dealkylation sites (N-methyl/N-ethyl adjacent to an activating group) is 1. The molecule has 0 bridgehead atoms. The predicted molar refractivity (Wildman–Crippen MR) is 82.3 cm³/mol. The van der Waals surface area contributed by atoms with E-state index in [0.717, 1.165) is 43.6 Å².